The summed E-state index contributed by atoms with van der Waals surface area (Å²) in [6, 6.07) is 8.16. The van der Waals surface area contributed by atoms with Gasteiger partial charge in [-0.05, 0) is 30.3 Å². The van der Waals surface area contributed by atoms with E-state index in [0.717, 1.165) is 0 Å². The lowest BCUT2D eigenvalue weighted by molar-refractivity contribution is -0.132. The van der Waals surface area contributed by atoms with Gasteiger partial charge in [-0.15, -0.1) is 0 Å². The number of nitrogens with one attached hydrogen (secondary N) is 2. The Balaban J connectivity index is 1.88. The number of esters is 2. The highest BCUT2D eigenvalue weighted by Crippen LogP contribution is 2.25. The van der Waals surface area contributed by atoms with Crippen molar-refractivity contribution in [2.75, 3.05) is 5.32 Å². The molecule has 2 aromatic carbocycles. The Morgan fingerprint density at radius 3 is 1.96 bits per heavy atom. The standard InChI is InChI=1S/C19H14N2O7/c1-9(22)27-13-5-11(6-14(8-13)28-10(2)23)17(24)20-12-3-4-15-16(7-12)19(26)21-18(15)25/h3-8H,1-2H3,(H,20,24)(H,21,25,26). The minimum atomic E-state index is -0.611. The zero-order chi connectivity index (χ0) is 20.4. The molecular weight excluding hydrogens is 368 g/mol. The number of fused-ring (bicyclic) bond motifs is 1. The third kappa shape index (κ3) is 4.04. The Morgan fingerprint density at radius 2 is 1.39 bits per heavy atom. The third-order valence-electron chi connectivity index (χ3n) is 3.66. The van der Waals surface area contributed by atoms with Crippen LogP contribution in [-0.4, -0.2) is 29.7 Å². The van der Waals surface area contributed by atoms with E-state index < -0.39 is 29.7 Å². The van der Waals surface area contributed by atoms with Gasteiger partial charge in [-0.2, -0.15) is 0 Å². The maximum atomic E-state index is 12.6. The van der Waals surface area contributed by atoms with Gasteiger partial charge in [-0.3, -0.25) is 29.3 Å². The first-order valence-electron chi connectivity index (χ1n) is 8.06. The van der Waals surface area contributed by atoms with Crippen LogP contribution >= 0.6 is 0 Å². The van der Waals surface area contributed by atoms with E-state index in [4.69, 9.17) is 9.47 Å². The summed E-state index contributed by atoms with van der Waals surface area (Å²) in [6.45, 7) is 2.38. The summed E-state index contributed by atoms with van der Waals surface area (Å²) in [5.74, 6) is -2.83. The number of imide groups is 1. The van der Waals surface area contributed by atoms with E-state index in [2.05, 4.69) is 10.6 Å². The van der Waals surface area contributed by atoms with E-state index in [1.807, 2.05) is 0 Å². The van der Waals surface area contributed by atoms with Gasteiger partial charge < -0.3 is 14.8 Å². The lowest BCUT2D eigenvalue weighted by Gasteiger charge is -2.10. The molecule has 0 spiro atoms. The van der Waals surface area contributed by atoms with Crippen LogP contribution in [0.5, 0.6) is 11.5 Å². The highest BCUT2D eigenvalue weighted by atomic mass is 16.5. The number of hydrogen-bond acceptors (Lipinski definition) is 7. The summed E-state index contributed by atoms with van der Waals surface area (Å²) in [5, 5.41) is 4.73. The predicted molar refractivity (Wildman–Crippen MR) is 95.3 cm³/mol. The molecule has 1 aliphatic heterocycles. The van der Waals surface area contributed by atoms with Gasteiger partial charge in [0.25, 0.3) is 17.7 Å². The molecule has 0 aromatic heterocycles. The zero-order valence-corrected chi connectivity index (χ0v) is 14.8. The third-order valence-corrected chi connectivity index (χ3v) is 3.66. The maximum Gasteiger partial charge on any atom is 0.308 e. The van der Waals surface area contributed by atoms with Crippen LogP contribution in [0, 0.1) is 0 Å². The summed E-state index contributed by atoms with van der Waals surface area (Å²) in [4.78, 5) is 58.3. The van der Waals surface area contributed by atoms with Crippen LogP contribution in [0.25, 0.3) is 0 Å². The van der Waals surface area contributed by atoms with Crippen molar-refractivity contribution in [3.63, 3.8) is 0 Å². The number of rotatable bonds is 4. The van der Waals surface area contributed by atoms with E-state index >= 15 is 0 Å². The Kier molecular flexibility index (Phi) is 4.90. The molecule has 0 aliphatic carbocycles. The van der Waals surface area contributed by atoms with Gasteiger partial charge >= 0.3 is 11.9 Å². The summed E-state index contributed by atoms with van der Waals surface area (Å²) < 4.78 is 9.93. The van der Waals surface area contributed by atoms with Gasteiger partial charge in [-0.1, -0.05) is 0 Å². The van der Waals surface area contributed by atoms with Crippen LogP contribution in [0.2, 0.25) is 0 Å². The van der Waals surface area contributed by atoms with E-state index in [1.54, 1.807) is 0 Å². The van der Waals surface area contributed by atoms with Crippen LogP contribution in [0.1, 0.15) is 44.9 Å². The molecule has 1 aliphatic rings. The van der Waals surface area contributed by atoms with Crippen LogP contribution in [0.4, 0.5) is 5.69 Å². The summed E-state index contributed by atoms with van der Waals surface area (Å²) in [6.07, 6.45) is 0. The van der Waals surface area contributed by atoms with Crippen molar-refractivity contribution in [1.29, 1.82) is 0 Å². The average molecular weight is 382 g/mol. The van der Waals surface area contributed by atoms with Gasteiger partial charge in [0, 0.05) is 31.2 Å². The quantitative estimate of drug-likeness (QED) is 0.468. The fraction of sp³-hybridized carbons (Fsp3) is 0.105. The van der Waals surface area contributed by atoms with Gasteiger partial charge in [0.2, 0.25) is 0 Å². The van der Waals surface area contributed by atoms with Crippen molar-refractivity contribution in [1.82, 2.24) is 5.32 Å². The van der Waals surface area contributed by atoms with Crippen LogP contribution in [-0.2, 0) is 9.59 Å². The zero-order valence-electron chi connectivity index (χ0n) is 14.8. The van der Waals surface area contributed by atoms with E-state index in [0.29, 0.717) is 0 Å². The van der Waals surface area contributed by atoms with Crippen molar-refractivity contribution in [3.8, 4) is 11.5 Å². The molecule has 28 heavy (non-hydrogen) atoms. The number of carbonyl (C=O) groups is 5. The topological polar surface area (TPSA) is 128 Å². The number of carbonyl (C=O) groups excluding carboxylic acids is 5. The average Bonchev–Trinajstić information content (AvgIpc) is 2.87. The molecule has 0 fully saturated rings. The van der Waals surface area contributed by atoms with Gasteiger partial charge in [0.1, 0.15) is 11.5 Å². The maximum absolute atomic E-state index is 12.6. The van der Waals surface area contributed by atoms with Crippen LogP contribution in [0.15, 0.2) is 36.4 Å². The second kappa shape index (κ2) is 7.31. The molecule has 0 radical (unpaired) electrons. The largest absolute Gasteiger partial charge is 0.427 e. The first-order valence-corrected chi connectivity index (χ1v) is 8.06. The molecule has 3 rings (SSSR count). The highest BCUT2D eigenvalue weighted by molar-refractivity contribution is 6.22. The minimum Gasteiger partial charge on any atom is -0.427 e. The van der Waals surface area contributed by atoms with Crippen molar-refractivity contribution < 1.29 is 33.4 Å². The first-order chi connectivity index (χ1) is 13.2. The van der Waals surface area contributed by atoms with E-state index in [-0.39, 0.29) is 33.9 Å². The van der Waals surface area contributed by atoms with E-state index in [1.165, 1.54) is 50.2 Å². The molecule has 9 nitrogen and oxygen atoms in total. The first kappa shape index (κ1) is 18.8. The molecule has 142 valence electrons. The highest BCUT2D eigenvalue weighted by Gasteiger charge is 2.27. The summed E-state index contributed by atoms with van der Waals surface area (Å²) >= 11 is 0. The molecule has 0 saturated heterocycles. The second-order valence-electron chi connectivity index (χ2n) is 5.88. The van der Waals surface area contributed by atoms with Crippen molar-refractivity contribution >= 4 is 35.3 Å². The number of hydrogen-bond donors (Lipinski definition) is 2. The van der Waals surface area contributed by atoms with Gasteiger partial charge in [-0.25, -0.2) is 0 Å². The summed E-state index contributed by atoms with van der Waals surface area (Å²) in [5.41, 5.74) is 0.700. The molecule has 3 amide bonds. The van der Waals surface area contributed by atoms with Crippen LogP contribution in [0.3, 0.4) is 0 Å². The molecule has 0 bridgehead atoms. The summed E-state index contributed by atoms with van der Waals surface area (Å²) in [7, 11) is 0. The van der Waals surface area contributed by atoms with Crippen molar-refractivity contribution in [2.45, 2.75) is 13.8 Å². The smallest absolute Gasteiger partial charge is 0.308 e. The second-order valence-corrected chi connectivity index (χ2v) is 5.88. The normalized spacial score (nSPS) is 12.1. The van der Waals surface area contributed by atoms with Crippen molar-refractivity contribution in [2.24, 2.45) is 0 Å². The van der Waals surface area contributed by atoms with Gasteiger partial charge in [0.15, 0.2) is 0 Å². The Labute approximate surface area is 158 Å². The molecule has 0 unspecified atom stereocenters. The molecule has 0 saturated carbocycles. The Hall–Kier alpha value is -4.01. The Morgan fingerprint density at radius 1 is 0.821 bits per heavy atom. The molecule has 1 heterocycles. The fourth-order valence-corrected chi connectivity index (χ4v) is 2.60. The number of amides is 3. The number of ether oxygens (including phenoxy) is 2. The van der Waals surface area contributed by atoms with Crippen molar-refractivity contribution in [3.05, 3.63) is 53.1 Å². The van der Waals surface area contributed by atoms with Crippen LogP contribution < -0.4 is 20.1 Å². The molecular formula is C19H14N2O7. The molecule has 2 N–H and O–H groups in total. The lowest BCUT2D eigenvalue weighted by atomic mass is 10.1. The molecule has 9 heteroatoms. The lowest BCUT2D eigenvalue weighted by Crippen LogP contribution is -2.19. The SMILES string of the molecule is CC(=O)Oc1cc(OC(C)=O)cc(C(=O)Nc2ccc3c(c2)C(=O)NC3=O)c1. The molecule has 0 atom stereocenters. The molecule has 2 aromatic rings. The Bertz CT molecular complexity index is 1010. The number of benzene rings is 2. The minimum absolute atomic E-state index is 0.0235. The fourth-order valence-electron chi connectivity index (χ4n) is 2.60. The van der Waals surface area contributed by atoms with Gasteiger partial charge in [0.05, 0.1) is 11.1 Å². The predicted octanol–water partition coefficient (Wildman–Crippen LogP) is 1.67. The number of anilines is 1. The monoisotopic (exact) mass is 382 g/mol. The van der Waals surface area contributed by atoms with E-state index in [9.17, 15) is 24.0 Å².